The minimum atomic E-state index is -0.726. The maximum absolute atomic E-state index is 12.6. The van der Waals surface area contributed by atoms with Crippen molar-refractivity contribution in [2.75, 3.05) is 5.32 Å². The molecule has 0 radical (unpaired) electrons. The number of para-hydroxylation sites is 1. The molecule has 140 valence electrons. The second-order valence-electron chi connectivity index (χ2n) is 6.70. The van der Waals surface area contributed by atoms with Crippen LogP contribution in [-0.4, -0.2) is 21.7 Å². The monoisotopic (exact) mass is 373 g/mol. The number of ketones is 1. The van der Waals surface area contributed by atoms with E-state index in [1.165, 1.54) is 0 Å². The van der Waals surface area contributed by atoms with Crippen molar-refractivity contribution >= 4 is 39.2 Å². The summed E-state index contributed by atoms with van der Waals surface area (Å²) in [5.74, 6) is -1.35. The van der Waals surface area contributed by atoms with Crippen LogP contribution in [0.2, 0.25) is 0 Å². The number of rotatable bonds is 5. The average molecular weight is 373 g/mol. The summed E-state index contributed by atoms with van der Waals surface area (Å²) in [5.41, 5.74) is 2.99. The molecule has 0 saturated carbocycles. The Morgan fingerprint density at radius 3 is 2.64 bits per heavy atom. The Morgan fingerprint density at radius 1 is 1.00 bits per heavy atom. The molecule has 1 amide bonds. The molecule has 0 spiro atoms. The van der Waals surface area contributed by atoms with E-state index in [4.69, 9.17) is 0 Å². The minimum Gasteiger partial charge on any atom is -0.360 e. The van der Waals surface area contributed by atoms with Gasteiger partial charge in [0, 0.05) is 34.2 Å². The van der Waals surface area contributed by atoms with Crippen molar-refractivity contribution in [2.45, 2.75) is 19.8 Å². The predicted molar refractivity (Wildman–Crippen MR) is 110 cm³/mol. The number of carbonyl (C=O) groups excluding carboxylic acids is 2. The van der Waals surface area contributed by atoms with Crippen molar-refractivity contribution in [3.63, 3.8) is 0 Å². The number of aromatic nitrogens is 2. The van der Waals surface area contributed by atoms with E-state index in [1.807, 2.05) is 24.3 Å². The molecule has 6 heteroatoms. The zero-order valence-corrected chi connectivity index (χ0v) is 15.3. The fourth-order valence-corrected chi connectivity index (χ4v) is 3.46. The topological polar surface area (TPSA) is 94.8 Å². The van der Waals surface area contributed by atoms with Gasteiger partial charge in [0.2, 0.25) is 5.56 Å². The van der Waals surface area contributed by atoms with Crippen molar-refractivity contribution in [2.24, 2.45) is 0 Å². The van der Waals surface area contributed by atoms with E-state index in [-0.39, 0.29) is 5.56 Å². The van der Waals surface area contributed by atoms with Gasteiger partial charge in [0.15, 0.2) is 0 Å². The van der Waals surface area contributed by atoms with Gasteiger partial charge in [-0.15, -0.1) is 0 Å². The quantitative estimate of drug-likeness (QED) is 0.367. The summed E-state index contributed by atoms with van der Waals surface area (Å²) in [6, 6.07) is 14.2. The van der Waals surface area contributed by atoms with Crippen molar-refractivity contribution in [1.29, 1.82) is 0 Å². The first kappa shape index (κ1) is 17.7. The number of anilines is 1. The number of H-pyrrole nitrogens is 2. The van der Waals surface area contributed by atoms with Gasteiger partial charge in [-0.3, -0.25) is 14.4 Å². The van der Waals surface area contributed by atoms with Crippen molar-refractivity contribution in [3.8, 4) is 0 Å². The lowest BCUT2D eigenvalue weighted by atomic mass is 10.0. The standard InChI is InChI=1S/C22H19N3O3/c1-2-5-13-10-20(26)25-19-11-14(8-9-15(13)19)24-22(28)21(27)17-12-23-18-7-4-3-6-16(17)18/h3-4,6-12,23H,2,5H2,1H3,(H,24,28)(H,25,26). The Kier molecular flexibility index (Phi) is 4.53. The number of carbonyl (C=O) groups is 2. The maximum atomic E-state index is 12.6. The number of Topliss-reactive ketones (excluding diaryl/α,β-unsaturated/α-hetero) is 1. The first-order chi connectivity index (χ1) is 13.6. The number of fused-ring (bicyclic) bond motifs is 2. The first-order valence-electron chi connectivity index (χ1n) is 9.14. The molecule has 0 atom stereocenters. The molecule has 0 saturated heterocycles. The second kappa shape index (κ2) is 7.15. The molecule has 4 rings (SSSR count). The predicted octanol–water partition coefficient (Wildman–Crippen LogP) is 3.78. The molecule has 0 fully saturated rings. The Balaban J connectivity index is 1.63. The highest BCUT2D eigenvalue weighted by atomic mass is 16.2. The Hall–Kier alpha value is -3.67. The van der Waals surface area contributed by atoms with Crippen LogP contribution >= 0.6 is 0 Å². The molecule has 2 aromatic heterocycles. The van der Waals surface area contributed by atoms with Crippen LogP contribution in [0.25, 0.3) is 21.8 Å². The smallest absolute Gasteiger partial charge is 0.296 e. The lowest BCUT2D eigenvalue weighted by Gasteiger charge is -2.08. The number of amides is 1. The third-order valence-corrected chi connectivity index (χ3v) is 4.75. The van der Waals surface area contributed by atoms with E-state index < -0.39 is 11.7 Å². The molecule has 2 aromatic carbocycles. The van der Waals surface area contributed by atoms with Crippen molar-refractivity contribution in [1.82, 2.24) is 9.97 Å². The summed E-state index contributed by atoms with van der Waals surface area (Å²) in [7, 11) is 0. The van der Waals surface area contributed by atoms with E-state index in [2.05, 4.69) is 22.2 Å². The van der Waals surface area contributed by atoms with E-state index in [0.717, 1.165) is 29.3 Å². The highest BCUT2D eigenvalue weighted by Crippen LogP contribution is 2.22. The molecule has 0 aliphatic rings. The van der Waals surface area contributed by atoms with Gasteiger partial charge in [-0.2, -0.15) is 0 Å². The minimum absolute atomic E-state index is 0.186. The highest BCUT2D eigenvalue weighted by molar-refractivity contribution is 6.48. The summed E-state index contributed by atoms with van der Waals surface area (Å²) in [4.78, 5) is 42.8. The van der Waals surface area contributed by atoms with Crippen LogP contribution in [0.5, 0.6) is 0 Å². The molecule has 0 aliphatic carbocycles. The molecule has 4 aromatic rings. The van der Waals surface area contributed by atoms with Crippen LogP contribution in [0.15, 0.2) is 59.5 Å². The summed E-state index contributed by atoms with van der Waals surface area (Å²) >= 11 is 0. The molecule has 3 N–H and O–H groups in total. The number of hydrogen-bond acceptors (Lipinski definition) is 3. The number of aryl methyl sites for hydroxylation is 1. The average Bonchev–Trinajstić information content (AvgIpc) is 3.11. The van der Waals surface area contributed by atoms with Crippen LogP contribution in [0, 0.1) is 0 Å². The zero-order valence-electron chi connectivity index (χ0n) is 15.3. The van der Waals surface area contributed by atoms with Gasteiger partial charge in [-0.25, -0.2) is 0 Å². The number of nitrogens with one attached hydrogen (secondary N) is 3. The Morgan fingerprint density at radius 2 is 1.82 bits per heavy atom. The van der Waals surface area contributed by atoms with Crippen LogP contribution in [0.3, 0.4) is 0 Å². The van der Waals surface area contributed by atoms with Crippen LogP contribution in [0.4, 0.5) is 5.69 Å². The van der Waals surface area contributed by atoms with Gasteiger partial charge < -0.3 is 15.3 Å². The molecule has 6 nitrogen and oxygen atoms in total. The fraction of sp³-hybridized carbons (Fsp3) is 0.136. The fourth-order valence-electron chi connectivity index (χ4n) is 3.46. The molecule has 0 unspecified atom stereocenters. The van der Waals surface area contributed by atoms with Gasteiger partial charge in [-0.1, -0.05) is 37.6 Å². The largest absolute Gasteiger partial charge is 0.360 e. The van der Waals surface area contributed by atoms with E-state index in [9.17, 15) is 14.4 Å². The lowest BCUT2D eigenvalue weighted by Crippen LogP contribution is -2.22. The molecule has 0 bridgehead atoms. The molecule has 2 heterocycles. The van der Waals surface area contributed by atoms with Gasteiger partial charge in [-0.05, 0) is 30.2 Å². The molecule has 28 heavy (non-hydrogen) atoms. The van der Waals surface area contributed by atoms with E-state index >= 15 is 0 Å². The third-order valence-electron chi connectivity index (χ3n) is 4.75. The first-order valence-corrected chi connectivity index (χ1v) is 9.14. The normalized spacial score (nSPS) is 11.0. The number of benzene rings is 2. The Labute approximate surface area is 160 Å². The maximum Gasteiger partial charge on any atom is 0.296 e. The number of pyridine rings is 1. The molecule has 0 aliphatic heterocycles. The van der Waals surface area contributed by atoms with E-state index in [1.54, 1.807) is 30.5 Å². The summed E-state index contributed by atoms with van der Waals surface area (Å²) in [6.45, 7) is 2.05. The van der Waals surface area contributed by atoms with Crippen molar-refractivity contribution in [3.05, 3.63) is 76.2 Å². The summed E-state index contributed by atoms with van der Waals surface area (Å²) in [6.07, 6.45) is 3.27. The van der Waals surface area contributed by atoms with Gasteiger partial charge in [0.05, 0.1) is 11.1 Å². The summed E-state index contributed by atoms with van der Waals surface area (Å²) in [5, 5.41) is 4.27. The molecular weight excluding hydrogens is 354 g/mol. The Bertz CT molecular complexity index is 1270. The van der Waals surface area contributed by atoms with Gasteiger partial charge in [0.25, 0.3) is 11.7 Å². The summed E-state index contributed by atoms with van der Waals surface area (Å²) < 4.78 is 0. The van der Waals surface area contributed by atoms with Gasteiger partial charge in [0.1, 0.15) is 0 Å². The number of hydrogen-bond donors (Lipinski definition) is 3. The third kappa shape index (κ3) is 3.20. The van der Waals surface area contributed by atoms with Crippen LogP contribution < -0.4 is 10.9 Å². The van der Waals surface area contributed by atoms with Crippen LogP contribution in [-0.2, 0) is 11.2 Å². The van der Waals surface area contributed by atoms with Gasteiger partial charge >= 0.3 is 0 Å². The highest BCUT2D eigenvalue weighted by Gasteiger charge is 2.20. The number of aromatic amines is 2. The SMILES string of the molecule is CCCc1cc(=O)[nH]c2cc(NC(=O)C(=O)c3c[nH]c4ccccc34)ccc12. The second-order valence-corrected chi connectivity index (χ2v) is 6.70. The zero-order chi connectivity index (χ0) is 19.7. The van der Waals surface area contributed by atoms with E-state index in [0.29, 0.717) is 22.2 Å². The lowest BCUT2D eigenvalue weighted by molar-refractivity contribution is -0.112. The van der Waals surface area contributed by atoms with Crippen molar-refractivity contribution < 1.29 is 9.59 Å². The van der Waals surface area contributed by atoms with Crippen LogP contribution in [0.1, 0.15) is 29.3 Å². The molecular formula is C22H19N3O3.